The Morgan fingerprint density at radius 2 is 1.91 bits per heavy atom. The van der Waals surface area contributed by atoms with Crippen molar-refractivity contribution < 1.29 is 23.5 Å². The molecule has 9 heteroatoms. The Labute approximate surface area is 181 Å². The highest BCUT2D eigenvalue weighted by molar-refractivity contribution is 5.93. The lowest BCUT2D eigenvalue weighted by Crippen LogP contribution is -2.15. The molecule has 0 radical (unpaired) electrons. The third kappa shape index (κ3) is 4.46. The van der Waals surface area contributed by atoms with Crippen LogP contribution in [0.3, 0.4) is 0 Å². The third-order valence-corrected chi connectivity index (χ3v) is 4.41. The number of hydrogen-bond acceptors (Lipinski definition) is 8. The summed E-state index contributed by atoms with van der Waals surface area (Å²) in [5.41, 5.74) is 0.956. The summed E-state index contributed by atoms with van der Waals surface area (Å²) in [5, 5.41) is 2.92. The average Bonchev–Trinajstić information content (AvgIpc) is 2.80. The molecular formula is C23H17N3O6. The minimum atomic E-state index is -0.711. The SMILES string of the molecule is CCOC(=O)Nc1cc(OC(=O)c2cccnc2)ccc1-c1cc(=O)c2cnccc2o1. The second-order valence-electron chi connectivity index (χ2n) is 6.53. The first-order valence-corrected chi connectivity index (χ1v) is 9.63. The molecule has 0 fully saturated rings. The number of esters is 1. The molecule has 4 aromatic rings. The number of aromatic nitrogens is 2. The lowest BCUT2D eigenvalue weighted by molar-refractivity contribution is 0.0734. The van der Waals surface area contributed by atoms with E-state index in [4.69, 9.17) is 13.9 Å². The van der Waals surface area contributed by atoms with Crippen LogP contribution >= 0.6 is 0 Å². The predicted octanol–water partition coefficient (Wildman–Crippen LogP) is 4.04. The van der Waals surface area contributed by atoms with Crippen molar-refractivity contribution in [2.24, 2.45) is 0 Å². The number of rotatable bonds is 5. The lowest BCUT2D eigenvalue weighted by Gasteiger charge is -2.13. The van der Waals surface area contributed by atoms with E-state index in [0.29, 0.717) is 16.5 Å². The van der Waals surface area contributed by atoms with Crippen LogP contribution < -0.4 is 15.5 Å². The van der Waals surface area contributed by atoms with E-state index in [1.165, 1.54) is 36.8 Å². The number of anilines is 1. The van der Waals surface area contributed by atoms with Crippen LogP contribution in [0.4, 0.5) is 10.5 Å². The highest BCUT2D eigenvalue weighted by atomic mass is 16.5. The van der Waals surface area contributed by atoms with Gasteiger partial charge in [-0.1, -0.05) is 0 Å². The van der Waals surface area contributed by atoms with Gasteiger partial charge in [-0.15, -0.1) is 0 Å². The minimum absolute atomic E-state index is 0.162. The summed E-state index contributed by atoms with van der Waals surface area (Å²) in [4.78, 5) is 44.7. The van der Waals surface area contributed by atoms with Crippen LogP contribution in [0.5, 0.6) is 5.75 Å². The zero-order chi connectivity index (χ0) is 22.5. The smallest absolute Gasteiger partial charge is 0.411 e. The van der Waals surface area contributed by atoms with Gasteiger partial charge < -0.3 is 13.9 Å². The normalized spacial score (nSPS) is 10.5. The standard InChI is InChI=1S/C23H17N3O6/c1-2-30-23(29)26-18-10-15(31-22(28)14-4-3-8-24-12-14)5-6-16(18)21-11-19(27)17-13-25-9-7-20(17)32-21/h3-13H,2H2,1H3,(H,26,29). The molecule has 4 rings (SSSR count). The average molecular weight is 431 g/mol. The van der Waals surface area contributed by atoms with Gasteiger partial charge in [-0.3, -0.25) is 20.1 Å². The number of fused-ring (bicyclic) bond motifs is 1. The second-order valence-corrected chi connectivity index (χ2v) is 6.53. The monoisotopic (exact) mass is 431 g/mol. The van der Waals surface area contributed by atoms with Gasteiger partial charge in [0, 0.05) is 42.5 Å². The van der Waals surface area contributed by atoms with Crippen LogP contribution in [0.2, 0.25) is 0 Å². The molecule has 1 N–H and O–H groups in total. The predicted molar refractivity (Wildman–Crippen MR) is 116 cm³/mol. The fraction of sp³-hybridized carbons (Fsp3) is 0.0870. The zero-order valence-electron chi connectivity index (χ0n) is 16.9. The highest BCUT2D eigenvalue weighted by Crippen LogP contribution is 2.33. The Bertz CT molecular complexity index is 1350. The lowest BCUT2D eigenvalue weighted by atomic mass is 10.1. The van der Waals surface area contributed by atoms with Crippen LogP contribution in [0.25, 0.3) is 22.3 Å². The maximum absolute atomic E-state index is 12.5. The summed E-state index contributed by atoms with van der Waals surface area (Å²) < 4.78 is 16.2. The maximum Gasteiger partial charge on any atom is 0.411 e. The van der Waals surface area contributed by atoms with Crippen molar-refractivity contribution in [2.75, 3.05) is 11.9 Å². The first kappa shape index (κ1) is 20.7. The van der Waals surface area contributed by atoms with Gasteiger partial charge >= 0.3 is 12.1 Å². The molecule has 32 heavy (non-hydrogen) atoms. The third-order valence-electron chi connectivity index (χ3n) is 4.41. The molecule has 0 atom stereocenters. The topological polar surface area (TPSA) is 121 Å². The number of nitrogens with zero attached hydrogens (tertiary/aromatic N) is 2. The molecule has 0 saturated carbocycles. The molecule has 0 saturated heterocycles. The fourth-order valence-corrected chi connectivity index (χ4v) is 2.96. The number of amides is 1. The Hall–Kier alpha value is -4.53. The number of benzene rings is 1. The molecule has 0 aliphatic rings. The van der Waals surface area contributed by atoms with Gasteiger partial charge in [0.05, 0.1) is 23.2 Å². The van der Waals surface area contributed by atoms with Crippen molar-refractivity contribution in [3.63, 3.8) is 0 Å². The van der Waals surface area contributed by atoms with Crippen molar-refractivity contribution in [1.29, 1.82) is 0 Å². The van der Waals surface area contributed by atoms with Crippen molar-refractivity contribution >= 4 is 28.7 Å². The van der Waals surface area contributed by atoms with Crippen LogP contribution in [0.15, 0.2) is 76.5 Å². The molecule has 0 aliphatic carbocycles. The van der Waals surface area contributed by atoms with Crippen LogP contribution in [0, 0.1) is 0 Å². The molecule has 3 aromatic heterocycles. The first-order chi connectivity index (χ1) is 15.5. The Morgan fingerprint density at radius 1 is 1.06 bits per heavy atom. The number of ether oxygens (including phenoxy) is 2. The zero-order valence-corrected chi connectivity index (χ0v) is 16.9. The summed E-state index contributed by atoms with van der Waals surface area (Å²) in [7, 11) is 0. The summed E-state index contributed by atoms with van der Waals surface area (Å²) in [6.45, 7) is 1.83. The fourth-order valence-electron chi connectivity index (χ4n) is 2.96. The number of carbonyl (C=O) groups excluding carboxylic acids is 2. The van der Waals surface area contributed by atoms with Gasteiger partial charge in [0.25, 0.3) is 0 Å². The van der Waals surface area contributed by atoms with E-state index in [-0.39, 0.29) is 34.8 Å². The van der Waals surface area contributed by atoms with Gasteiger partial charge in [0.1, 0.15) is 17.1 Å². The van der Waals surface area contributed by atoms with E-state index in [1.807, 2.05) is 0 Å². The maximum atomic E-state index is 12.5. The Balaban J connectivity index is 1.74. The van der Waals surface area contributed by atoms with Crippen molar-refractivity contribution in [1.82, 2.24) is 9.97 Å². The molecule has 9 nitrogen and oxygen atoms in total. The van der Waals surface area contributed by atoms with Gasteiger partial charge in [0.15, 0.2) is 5.43 Å². The summed E-state index contributed by atoms with van der Waals surface area (Å²) in [6, 6.07) is 10.6. The molecular weight excluding hydrogens is 414 g/mol. The largest absolute Gasteiger partial charge is 0.456 e. The van der Waals surface area contributed by atoms with E-state index < -0.39 is 12.1 Å². The molecule has 1 amide bonds. The van der Waals surface area contributed by atoms with Gasteiger partial charge in [-0.05, 0) is 37.3 Å². The van der Waals surface area contributed by atoms with Crippen LogP contribution in [-0.2, 0) is 4.74 Å². The summed E-state index contributed by atoms with van der Waals surface area (Å²) in [5.74, 6) is -0.231. The minimum Gasteiger partial charge on any atom is -0.456 e. The molecule has 1 aromatic carbocycles. The quantitative estimate of drug-likeness (QED) is 0.371. The number of hydrogen-bond donors (Lipinski definition) is 1. The Kier molecular flexibility index (Phi) is 5.89. The van der Waals surface area contributed by atoms with E-state index >= 15 is 0 Å². The van der Waals surface area contributed by atoms with Crippen molar-refractivity contribution in [2.45, 2.75) is 6.92 Å². The van der Waals surface area contributed by atoms with E-state index in [0.717, 1.165) is 0 Å². The van der Waals surface area contributed by atoms with E-state index in [1.54, 1.807) is 37.4 Å². The molecule has 0 spiro atoms. The van der Waals surface area contributed by atoms with Gasteiger partial charge in [-0.2, -0.15) is 0 Å². The summed E-state index contributed by atoms with van der Waals surface area (Å²) >= 11 is 0. The first-order valence-electron chi connectivity index (χ1n) is 9.63. The molecule has 3 heterocycles. The van der Waals surface area contributed by atoms with Crippen LogP contribution in [-0.4, -0.2) is 28.6 Å². The van der Waals surface area contributed by atoms with E-state index in [9.17, 15) is 14.4 Å². The van der Waals surface area contributed by atoms with Gasteiger partial charge in [-0.25, -0.2) is 9.59 Å². The van der Waals surface area contributed by atoms with E-state index in [2.05, 4.69) is 15.3 Å². The van der Waals surface area contributed by atoms with Crippen molar-refractivity contribution in [3.8, 4) is 17.1 Å². The van der Waals surface area contributed by atoms with Gasteiger partial charge in [0.2, 0.25) is 0 Å². The molecule has 0 unspecified atom stereocenters. The second kappa shape index (κ2) is 9.09. The summed E-state index contributed by atoms with van der Waals surface area (Å²) in [6.07, 6.45) is 5.14. The number of nitrogens with one attached hydrogen (secondary N) is 1. The number of pyridine rings is 2. The number of carbonyl (C=O) groups is 2. The molecule has 0 aliphatic heterocycles. The Morgan fingerprint density at radius 3 is 2.69 bits per heavy atom. The highest BCUT2D eigenvalue weighted by Gasteiger charge is 2.16. The van der Waals surface area contributed by atoms with Crippen molar-refractivity contribution in [3.05, 3.63) is 83.0 Å². The molecule has 160 valence electrons. The molecule has 0 bridgehead atoms. The van der Waals surface area contributed by atoms with Crippen LogP contribution in [0.1, 0.15) is 17.3 Å².